The molecule has 1 atom stereocenters. The summed E-state index contributed by atoms with van der Waals surface area (Å²) in [4.78, 5) is 26.0. The number of carbonyl (C=O) groups excluding carboxylic acids is 1. The molecule has 2 N–H and O–H groups in total. The molecule has 0 aromatic heterocycles. The molecule has 1 aliphatic heterocycles. The Morgan fingerprint density at radius 1 is 1.03 bits per heavy atom. The minimum Gasteiger partial charge on any atom is -0.482 e. The predicted octanol–water partition coefficient (Wildman–Crippen LogP) is 4.19. The molecule has 1 aliphatic rings. The van der Waals surface area contributed by atoms with E-state index in [1.165, 1.54) is 18.2 Å². The smallest absolute Gasteiger partial charge is 0.341 e. The van der Waals surface area contributed by atoms with Crippen LogP contribution in [0.15, 0.2) is 72.8 Å². The molecule has 1 heterocycles. The number of nitrogens with zero attached hydrogens (tertiary/aromatic N) is 1. The molecule has 2 amide bonds. The van der Waals surface area contributed by atoms with E-state index in [9.17, 15) is 14.0 Å². The molecule has 0 saturated carbocycles. The first-order valence-electron chi connectivity index (χ1n) is 10.8. The summed E-state index contributed by atoms with van der Waals surface area (Å²) in [5.74, 6) is -1.38. The minimum atomic E-state index is -1.13. The highest BCUT2D eigenvalue weighted by Crippen LogP contribution is 2.39. The number of fused-ring (bicyclic) bond motifs is 1. The van der Waals surface area contributed by atoms with E-state index < -0.39 is 24.4 Å². The van der Waals surface area contributed by atoms with Gasteiger partial charge in [0.15, 0.2) is 6.61 Å². The fraction of sp³-hybridized carbons (Fsp3) is 0.231. The Hall–Kier alpha value is -3.87. The molecular weight excluding hydrogens is 423 g/mol. The van der Waals surface area contributed by atoms with E-state index in [2.05, 4.69) is 5.32 Å². The summed E-state index contributed by atoms with van der Waals surface area (Å²) in [6.45, 7) is 0.337. The van der Waals surface area contributed by atoms with E-state index in [0.717, 1.165) is 16.7 Å². The summed E-state index contributed by atoms with van der Waals surface area (Å²) in [6.07, 6.45) is 1.36. The molecule has 3 aromatic rings. The van der Waals surface area contributed by atoms with Crippen LogP contribution in [0.25, 0.3) is 0 Å². The van der Waals surface area contributed by atoms with Crippen LogP contribution in [0.3, 0.4) is 0 Å². The van der Waals surface area contributed by atoms with Crippen molar-refractivity contribution in [3.05, 3.63) is 101 Å². The quantitative estimate of drug-likeness (QED) is 0.568. The molecule has 0 fully saturated rings. The van der Waals surface area contributed by atoms with Crippen LogP contribution in [0.5, 0.6) is 5.75 Å². The molecule has 0 radical (unpaired) electrons. The van der Waals surface area contributed by atoms with Crippen LogP contribution in [-0.4, -0.2) is 41.7 Å². The highest BCUT2D eigenvalue weighted by Gasteiger charge is 2.34. The highest BCUT2D eigenvalue weighted by atomic mass is 19.1. The molecule has 0 spiro atoms. The summed E-state index contributed by atoms with van der Waals surface area (Å²) in [5, 5.41) is 12.0. The molecule has 6 nitrogen and oxygen atoms in total. The van der Waals surface area contributed by atoms with Gasteiger partial charge in [-0.05, 0) is 47.7 Å². The van der Waals surface area contributed by atoms with E-state index in [1.807, 2.05) is 54.6 Å². The van der Waals surface area contributed by atoms with Crippen LogP contribution >= 0.6 is 0 Å². The lowest BCUT2D eigenvalue weighted by molar-refractivity contribution is -0.139. The summed E-state index contributed by atoms with van der Waals surface area (Å²) >= 11 is 0. The van der Waals surface area contributed by atoms with Gasteiger partial charge in [-0.1, -0.05) is 54.6 Å². The van der Waals surface area contributed by atoms with E-state index >= 15 is 0 Å². The lowest BCUT2D eigenvalue weighted by Gasteiger charge is -2.38. The number of ether oxygens (including phenoxy) is 1. The molecular formula is C26H25FN2O4. The monoisotopic (exact) mass is 448 g/mol. The normalized spacial score (nSPS) is 14.9. The highest BCUT2D eigenvalue weighted by molar-refractivity contribution is 5.76. The van der Waals surface area contributed by atoms with E-state index in [0.29, 0.717) is 31.5 Å². The van der Waals surface area contributed by atoms with Crippen LogP contribution in [0.4, 0.5) is 9.18 Å². The fourth-order valence-corrected chi connectivity index (χ4v) is 4.18. The number of carbonyl (C=O) groups is 2. The number of aliphatic carboxylic acids is 1. The standard InChI is InChI=1S/C26H25FN2O4/c27-20-10-11-23(33-17-24(30)31)22(16-20)25-21-9-5-4-8-19(21)13-15-29(25)26(32)28-14-12-18-6-2-1-3-7-18/h1-11,16,25H,12-15,17H2,(H,28,32)(H,30,31). The molecule has 0 saturated heterocycles. The molecule has 3 aromatic carbocycles. The Morgan fingerprint density at radius 3 is 2.58 bits per heavy atom. The number of hydrogen-bond donors (Lipinski definition) is 2. The zero-order chi connectivity index (χ0) is 23.2. The zero-order valence-corrected chi connectivity index (χ0v) is 18.0. The van der Waals surface area contributed by atoms with Gasteiger partial charge in [0, 0.05) is 18.7 Å². The molecule has 0 bridgehead atoms. The maximum atomic E-state index is 14.3. The number of amides is 2. The van der Waals surface area contributed by atoms with Gasteiger partial charge in [-0.3, -0.25) is 0 Å². The number of nitrogens with one attached hydrogen (secondary N) is 1. The molecule has 1 unspecified atom stereocenters. The van der Waals surface area contributed by atoms with Crippen molar-refractivity contribution >= 4 is 12.0 Å². The number of hydrogen-bond acceptors (Lipinski definition) is 3. The Balaban J connectivity index is 1.63. The second-order valence-corrected chi connectivity index (χ2v) is 7.88. The average molecular weight is 448 g/mol. The van der Waals surface area contributed by atoms with Crippen molar-refractivity contribution in [2.75, 3.05) is 19.7 Å². The first-order valence-corrected chi connectivity index (χ1v) is 10.8. The van der Waals surface area contributed by atoms with Crippen molar-refractivity contribution in [2.45, 2.75) is 18.9 Å². The second kappa shape index (κ2) is 10.2. The number of carboxylic acid groups (broad SMARTS) is 1. The van der Waals surface area contributed by atoms with Gasteiger partial charge in [-0.15, -0.1) is 0 Å². The van der Waals surface area contributed by atoms with E-state index in [-0.39, 0.29) is 11.8 Å². The number of halogens is 1. The lowest BCUT2D eigenvalue weighted by atomic mass is 9.88. The van der Waals surface area contributed by atoms with Crippen LogP contribution in [0.2, 0.25) is 0 Å². The number of benzene rings is 3. The van der Waals surface area contributed by atoms with Gasteiger partial charge < -0.3 is 20.1 Å². The Bertz CT molecular complexity index is 1140. The van der Waals surface area contributed by atoms with Crippen LogP contribution in [0.1, 0.15) is 28.3 Å². The van der Waals surface area contributed by atoms with E-state index in [1.54, 1.807) is 4.90 Å². The zero-order valence-electron chi connectivity index (χ0n) is 18.0. The number of rotatable bonds is 7. The van der Waals surface area contributed by atoms with Gasteiger partial charge in [-0.25, -0.2) is 14.0 Å². The van der Waals surface area contributed by atoms with Crippen molar-refractivity contribution in [1.82, 2.24) is 10.2 Å². The average Bonchev–Trinajstić information content (AvgIpc) is 2.83. The van der Waals surface area contributed by atoms with Gasteiger partial charge >= 0.3 is 12.0 Å². The van der Waals surface area contributed by atoms with Crippen molar-refractivity contribution in [1.29, 1.82) is 0 Å². The van der Waals surface area contributed by atoms with Gasteiger partial charge in [0.25, 0.3) is 0 Å². The van der Waals surface area contributed by atoms with Crippen molar-refractivity contribution in [3.63, 3.8) is 0 Å². The molecule has 7 heteroatoms. The third-order valence-electron chi connectivity index (χ3n) is 5.69. The largest absolute Gasteiger partial charge is 0.482 e. The third kappa shape index (κ3) is 5.31. The molecule has 0 aliphatic carbocycles. The minimum absolute atomic E-state index is 0.239. The van der Waals surface area contributed by atoms with Crippen molar-refractivity contribution < 1.29 is 23.8 Å². The number of carboxylic acids is 1. The third-order valence-corrected chi connectivity index (χ3v) is 5.69. The van der Waals surface area contributed by atoms with Gasteiger partial charge in [-0.2, -0.15) is 0 Å². The number of urea groups is 1. The SMILES string of the molecule is O=C(O)COc1ccc(F)cc1C1c2ccccc2CCN1C(=O)NCCc1ccccc1. The van der Waals surface area contributed by atoms with Crippen LogP contribution in [-0.2, 0) is 17.6 Å². The van der Waals surface area contributed by atoms with E-state index in [4.69, 9.17) is 9.84 Å². The van der Waals surface area contributed by atoms with Crippen molar-refractivity contribution in [2.24, 2.45) is 0 Å². The lowest BCUT2D eigenvalue weighted by Crippen LogP contribution is -2.46. The summed E-state index contributed by atoms with van der Waals surface area (Å²) in [6, 6.07) is 20.7. The predicted molar refractivity (Wildman–Crippen MR) is 122 cm³/mol. The molecule has 33 heavy (non-hydrogen) atoms. The van der Waals surface area contributed by atoms with Crippen molar-refractivity contribution in [3.8, 4) is 5.75 Å². The van der Waals surface area contributed by atoms with Crippen LogP contribution in [0, 0.1) is 5.82 Å². The molecule has 4 rings (SSSR count). The van der Waals surface area contributed by atoms with Gasteiger partial charge in [0.2, 0.25) is 0 Å². The van der Waals surface area contributed by atoms with Gasteiger partial charge in [0.1, 0.15) is 11.6 Å². The van der Waals surface area contributed by atoms with Crippen LogP contribution < -0.4 is 10.1 Å². The van der Waals surface area contributed by atoms with Gasteiger partial charge in [0.05, 0.1) is 6.04 Å². The summed E-state index contributed by atoms with van der Waals surface area (Å²) in [5.41, 5.74) is 3.46. The Kier molecular flexibility index (Phi) is 6.88. The maximum Gasteiger partial charge on any atom is 0.341 e. The Labute approximate surface area is 191 Å². The molecule has 170 valence electrons. The summed E-state index contributed by atoms with van der Waals surface area (Å²) < 4.78 is 19.8. The first kappa shape index (κ1) is 22.3. The first-order chi connectivity index (χ1) is 16.0. The Morgan fingerprint density at radius 2 is 1.79 bits per heavy atom. The maximum absolute atomic E-state index is 14.3. The topological polar surface area (TPSA) is 78.9 Å². The summed E-state index contributed by atoms with van der Waals surface area (Å²) in [7, 11) is 0. The fourth-order valence-electron chi connectivity index (χ4n) is 4.18. The second-order valence-electron chi connectivity index (χ2n) is 7.88.